The fourth-order valence-corrected chi connectivity index (χ4v) is 2.62. The average molecular weight is 358 g/mol. The van der Waals surface area contributed by atoms with E-state index in [4.69, 9.17) is 4.74 Å². The molecular weight excluding hydrogens is 343 g/mol. The van der Waals surface area contributed by atoms with E-state index in [1.807, 2.05) is 31.2 Å². The molecule has 1 aromatic carbocycles. The summed E-state index contributed by atoms with van der Waals surface area (Å²) in [6.45, 7) is 2.14. The Kier molecular flexibility index (Phi) is 5.20. The number of aromatic nitrogens is 2. The third kappa shape index (κ3) is 4.51. The van der Waals surface area contributed by atoms with Crippen LogP contribution in [-0.2, 0) is 6.73 Å². The fraction of sp³-hybridized carbons (Fsp3) is 0.118. The lowest BCUT2D eigenvalue weighted by Crippen LogP contribution is -2.19. The zero-order chi connectivity index (χ0) is 17.6. The Morgan fingerprint density at radius 3 is 2.96 bits per heavy atom. The number of thiophene rings is 1. The molecule has 0 radical (unpaired) electrons. The lowest BCUT2D eigenvalue weighted by Gasteiger charge is -2.08. The van der Waals surface area contributed by atoms with Gasteiger partial charge in [0.15, 0.2) is 17.6 Å². The quantitative estimate of drug-likeness (QED) is 0.543. The number of aryl methyl sites for hydroxylation is 1. The van der Waals surface area contributed by atoms with E-state index in [1.165, 1.54) is 17.0 Å². The molecular formula is C17H15FN4O2S. The van der Waals surface area contributed by atoms with Gasteiger partial charge in [-0.2, -0.15) is 14.6 Å². The SMILES string of the molecule is Cc1ccccc1OCn1ccc(C(=O)N/N=C/c2ccc(F)s2)n1. The van der Waals surface area contributed by atoms with Crippen LogP contribution in [-0.4, -0.2) is 21.9 Å². The van der Waals surface area contributed by atoms with Gasteiger partial charge in [-0.15, -0.1) is 11.3 Å². The van der Waals surface area contributed by atoms with Crippen molar-refractivity contribution in [3.05, 3.63) is 69.9 Å². The molecule has 0 atom stereocenters. The number of amides is 1. The molecule has 2 aromatic heterocycles. The minimum Gasteiger partial charge on any atom is -0.471 e. The third-order valence-electron chi connectivity index (χ3n) is 3.27. The number of ether oxygens (including phenoxy) is 1. The first-order chi connectivity index (χ1) is 12.1. The van der Waals surface area contributed by atoms with Gasteiger partial charge in [-0.05, 0) is 36.8 Å². The number of para-hydroxylation sites is 1. The van der Waals surface area contributed by atoms with Crippen LogP contribution in [0.2, 0.25) is 0 Å². The Morgan fingerprint density at radius 2 is 2.20 bits per heavy atom. The van der Waals surface area contributed by atoms with E-state index >= 15 is 0 Å². The highest BCUT2D eigenvalue weighted by atomic mass is 32.1. The van der Waals surface area contributed by atoms with Crippen molar-refractivity contribution in [1.82, 2.24) is 15.2 Å². The summed E-state index contributed by atoms with van der Waals surface area (Å²) in [7, 11) is 0. The molecule has 6 nitrogen and oxygen atoms in total. The molecule has 1 N–H and O–H groups in total. The number of carbonyl (C=O) groups is 1. The number of carbonyl (C=O) groups excluding carboxylic acids is 1. The predicted molar refractivity (Wildman–Crippen MR) is 93.4 cm³/mol. The topological polar surface area (TPSA) is 68.5 Å². The van der Waals surface area contributed by atoms with Crippen molar-refractivity contribution in [3.8, 4) is 5.75 Å². The Hall–Kier alpha value is -3.00. The third-order valence-corrected chi connectivity index (χ3v) is 4.08. The molecule has 25 heavy (non-hydrogen) atoms. The van der Waals surface area contributed by atoms with Crippen LogP contribution in [0.4, 0.5) is 4.39 Å². The predicted octanol–water partition coefficient (Wildman–Crippen LogP) is 3.19. The van der Waals surface area contributed by atoms with Crippen molar-refractivity contribution in [1.29, 1.82) is 0 Å². The number of hydrogen-bond donors (Lipinski definition) is 1. The highest BCUT2D eigenvalue weighted by Crippen LogP contribution is 2.16. The van der Waals surface area contributed by atoms with Crippen molar-refractivity contribution >= 4 is 23.5 Å². The van der Waals surface area contributed by atoms with E-state index < -0.39 is 5.91 Å². The van der Waals surface area contributed by atoms with Crippen LogP contribution in [0.15, 0.2) is 53.8 Å². The zero-order valence-electron chi connectivity index (χ0n) is 13.3. The fourth-order valence-electron chi connectivity index (χ4n) is 2.02. The van der Waals surface area contributed by atoms with Crippen molar-refractivity contribution in [3.63, 3.8) is 0 Å². The summed E-state index contributed by atoms with van der Waals surface area (Å²) in [5.41, 5.74) is 3.58. The van der Waals surface area contributed by atoms with Crippen molar-refractivity contribution in [2.24, 2.45) is 5.10 Å². The van der Waals surface area contributed by atoms with E-state index in [9.17, 15) is 9.18 Å². The first-order valence-corrected chi connectivity index (χ1v) is 8.24. The monoisotopic (exact) mass is 358 g/mol. The Morgan fingerprint density at radius 1 is 1.36 bits per heavy atom. The number of halogens is 1. The Balaban J connectivity index is 1.54. The van der Waals surface area contributed by atoms with Crippen molar-refractivity contribution in [2.45, 2.75) is 13.7 Å². The van der Waals surface area contributed by atoms with Gasteiger partial charge in [0, 0.05) is 6.20 Å². The van der Waals surface area contributed by atoms with Crippen LogP contribution in [0.1, 0.15) is 20.9 Å². The summed E-state index contributed by atoms with van der Waals surface area (Å²) in [5.74, 6) is 0.305. The number of hydrazone groups is 1. The van der Waals surface area contributed by atoms with Crippen molar-refractivity contribution in [2.75, 3.05) is 0 Å². The summed E-state index contributed by atoms with van der Waals surface area (Å²) in [5, 5.41) is 7.61. The number of nitrogens with one attached hydrogen (secondary N) is 1. The summed E-state index contributed by atoms with van der Waals surface area (Å²) in [6, 6.07) is 12.1. The molecule has 0 aliphatic heterocycles. The summed E-state index contributed by atoms with van der Waals surface area (Å²) >= 11 is 0.941. The average Bonchev–Trinajstić information content (AvgIpc) is 3.23. The number of benzene rings is 1. The maximum atomic E-state index is 12.8. The number of nitrogens with zero attached hydrogens (tertiary/aromatic N) is 3. The minimum absolute atomic E-state index is 0.190. The van der Waals surface area contributed by atoms with Gasteiger partial charge in [0.05, 0.1) is 11.1 Å². The largest absolute Gasteiger partial charge is 0.471 e. The molecule has 0 saturated carbocycles. The molecule has 2 heterocycles. The molecule has 0 fully saturated rings. The molecule has 0 aliphatic rings. The van der Waals surface area contributed by atoms with Gasteiger partial charge >= 0.3 is 0 Å². The van der Waals surface area contributed by atoms with Gasteiger partial charge in [-0.1, -0.05) is 18.2 Å². The van der Waals surface area contributed by atoms with Gasteiger partial charge < -0.3 is 4.74 Å². The summed E-state index contributed by atoms with van der Waals surface area (Å²) in [6.07, 6.45) is 3.02. The van der Waals surface area contributed by atoms with Crippen LogP contribution in [0.3, 0.4) is 0 Å². The maximum absolute atomic E-state index is 12.8. The normalized spacial score (nSPS) is 11.0. The second kappa shape index (κ2) is 7.71. The van der Waals surface area contributed by atoms with Gasteiger partial charge in [0.2, 0.25) is 0 Å². The minimum atomic E-state index is -0.456. The molecule has 8 heteroatoms. The van der Waals surface area contributed by atoms with Gasteiger partial charge in [-0.3, -0.25) is 4.79 Å². The van der Waals surface area contributed by atoms with E-state index in [0.29, 0.717) is 4.88 Å². The summed E-state index contributed by atoms with van der Waals surface area (Å²) < 4.78 is 20.0. The molecule has 1 amide bonds. The van der Waals surface area contributed by atoms with Crippen LogP contribution in [0.25, 0.3) is 0 Å². The molecule has 0 bridgehead atoms. The smallest absolute Gasteiger partial charge is 0.291 e. The molecule has 128 valence electrons. The maximum Gasteiger partial charge on any atom is 0.291 e. The highest BCUT2D eigenvalue weighted by Gasteiger charge is 2.09. The van der Waals surface area contributed by atoms with Crippen molar-refractivity contribution < 1.29 is 13.9 Å². The van der Waals surface area contributed by atoms with Gasteiger partial charge in [0.25, 0.3) is 5.91 Å². The first kappa shape index (κ1) is 16.8. The van der Waals surface area contributed by atoms with Crippen LogP contribution in [0.5, 0.6) is 5.75 Å². The van der Waals surface area contributed by atoms with E-state index in [0.717, 1.165) is 22.6 Å². The highest BCUT2D eigenvalue weighted by molar-refractivity contribution is 7.12. The molecule has 3 rings (SSSR count). The molecule has 3 aromatic rings. The van der Waals surface area contributed by atoms with Gasteiger partial charge in [-0.25, -0.2) is 10.1 Å². The molecule has 0 spiro atoms. The number of rotatable bonds is 6. The standard InChI is InChI=1S/C17H15FN4O2S/c1-12-4-2-3-5-15(12)24-11-22-9-8-14(21-22)17(23)20-19-10-13-6-7-16(18)25-13/h2-10H,11H2,1H3,(H,20,23)/b19-10+. The molecule has 0 saturated heterocycles. The van der Waals surface area contributed by atoms with Crippen LogP contribution in [0, 0.1) is 12.1 Å². The van der Waals surface area contributed by atoms with E-state index in [1.54, 1.807) is 18.3 Å². The van der Waals surface area contributed by atoms with Gasteiger partial charge in [0.1, 0.15) is 5.75 Å². The lowest BCUT2D eigenvalue weighted by atomic mass is 10.2. The van der Waals surface area contributed by atoms with Crippen LogP contribution < -0.4 is 10.2 Å². The van der Waals surface area contributed by atoms with Crippen LogP contribution >= 0.6 is 11.3 Å². The number of hydrogen-bond acceptors (Lipinski definition) is 5. The second-order valence-electron chi connectivity index (χ2n) is 5.12. The Labute approximate surface area is 147 Å². The second-order valence-corrected chi connectivity index (χ2v) is 6.19. The van der Waals surface area contributed by atoms with E-state index in [-0.39, 0.29) is 17.6 Å². The summed E-state index contributed by atoms with van der Waals surface area (Å²) in [4.78, 5) is 12.6. The first-order valence-electron chi connectivity index (χ1n) is 7.42. The molecule has 0 aliphatic carbocycles. The Bertz CT molecular complexity index is 903. The zero-order valence-corrected chi connectivity index (χ0v) is 14.2. The molecule has 0 unspecified atom stereocenters. The van der Waals surface area contributed by atoms with E-state index in [2.05, 4.69) is 15.6 Å². The lowest BCUT2D eigenvalue weighted by molar-refractivity contribution is 0.0948.